The summed E-state index contributed by atoms with van der Waals surface area (Å²) in [5, 5.41) is 10.6. The molecule has 1 aromatic heterocycles. The number of likely N-dealkylation sites (tertiary alicyclic amines) is 1. The maximum absolute atomic E-state index is 14.0. The Morgan fingerprint density at radius 2 is 2.00 bits per heavy atom. The first kappa shape index (κ1) is 28.1. The van der Waals surface area contributed by atoms with Crippen LogP contribution in [0.5, 0.6) is 0 Å². The van der Waals surface area contributed by atoms with Crippen LogP contribution in [0.4, 0.5) is 0 Å². The highest BCUT2D eigenvalue weighted by molar-refractivity contribution is 6.30. The van der Waals surface area contributed by atoms with E-state index in [9.17, 15) is 19.5 Å². The molecule has 9 heteroatoms. The van der Waals surface area contributed by atoms with Gasteiger partial charge in [0, 0.05) is 23.7 Å². The van der Waals surface area contributed by atoms with Gasteiger partial charge in [0.1, 0.15) is 6.29 Å². The van der Waals surface area contributed by atoms with Crippen LogP contribution in [0.15, 0.2) is 42.6 Å². The Labute approximate surface area is 221 Å². The molecule has 0 saturated carbocycles. The van der Waals surface area contributed by atoms with Crippen molar-refractivity contribution in [3.05, 3.63) is 63.9 Å². The summed E-state index contributed by atoms with van der Waals surface area (Å²) in [5.41, 5.74) is -0.279. The average Bonchev–Trinajstić information content (AvgIpc) is 2.78. The standard InChI is InChI=1S/C27H32Cl2N2O5/c1-26(2,3)36-11-10-20(16-32)31-24(22-9-8-19(29)15-30-22)21(17-6-5-7-18(28)12-17)13-27(4,25(31)35)14-23(33)34/h5-9,12,15-16,20-21,24H,10-11,13-14H2,1-4H3,(H,33,34)/t20-,21+,24-,27-/m0/s1. The lowest BCUT2D eigenvalue weighted by atomic mass is 9.67. The van der Waals surface area contributed by atoms with Gasteiger partial charge in [0.25, 0.3) is 0 Å². The van der Waals surface area contributed by atoms with E-state index in [0.717, 1.165) is 11.8 Å². The second-order valence-electron chi connectivity index (χ2n) is 10.5. The topological polar surface area (TPSA) is 96.8 Å². The van der Waals surface area contributed by atoms with Crippen LogP contribution in [-0.2, 0) is 19.1 Å². The highest BCUT2D eigenvalue weighted by atomic mass is 35.5. The van der Waals surface area contributed by atoms with E-state index in [1.165, 1.54) is 11.1 Å². The molecular weight excluding hydrogens is 503 g/mol. The van der Waals surface area contributed by atoms with Gasteiger partial charge in [0.2, 0.25) is 5.91 Å². The molecular formula is C27H32Cl2N2O5. The minimum Gasteiger partial charge on any atom is -0.481 e. The third-order valence-electron chi connectivity index (χ3n) is 6.44. The summed E-state index contributed by atoms with van der Waals surface area (Å²) in [6.07, 6.45) is 2.35. The second kappa shape index (κ2) is 11.3. The molecule has 0 unspecified atom stereocenters. The Bertz CT molecular complexity index is 1100. The number of ether oxygens (including phenoxy) is 1. The molecule has 3 rings (SSSR count). The summed E-state index contributed by atoms with van der Waals surface area (Å²) in [6.45, 7) is 7.62. The maximum Gasteiger partial charge on any atom is 0.304 e. The zero-order valence-electron chi connectivity index (χ0n) is 20.9. The summed E-state index contributed by atoms with van der Waals surface area (Å²) in [5.74, 6) is -1.86. The molecule has 0 radical (unpaired) electrons. The molecule has 1 aliphatic heterocycles. The van der Waals surface area contributed by atoms with Crippen LogP contribution >= 0.6 is 23.2 Å². The number of aromatic nitrogens is 1. The molecule has 7 nitrogen and oxygen atoms in total. The molecule has 194 valence electrons. The molecule has 1 aliphatic rings. The molecule has 0 bridgehead atoms. The summed E-state index contributed by atoms with van der Waals surface area (Å²) >= 11 is 12.4. The van der Waals surface area contributed by atoms with Gasteiger partial charge in [0.15, 0.2) is 0 Å². The molecule has 1 saturated heterocycles. The third-order valence-corrected chi connectivity index (χ3v) is 6.90. The first-order chi connectivity index (χ1) is 16.8. The van der Waals surface area contributed by atoms with E-state index in [4.69, 9.17) is 27.9 Å². The van der Waals surface area contributed by atoms with Crippen molar-refractivity contribution in [3.63, 3.8) is 0 Å². The van der Waals surface area contributed by atoms with Gasteiger partial charge in [-0.3, -0.25) is 14.6 Å². The highest BCUT2D eigenvalue weighted by Crippen LogP contribution is 2.51. The number of aliphatic carboxylic acids is 1. The summed E-state index contributed by atoms with van der Waals surface area (Å²) < 4.78 is 5.85. The van der Waals surface area contributed by atoms with Crippen molar-refractivity contribution in [3.8, 4) is 0 Å². The van der Waals surface area contributed by atoms with Crippen LogP contribution in [0.1, 0.15) is 70.2 Å². The van der Waals surface area contributed by atoms with Crippen molar-refractivity contribution < 1.29 is 24.2 Å². The van der Waals surface area contributed by atoms with Crippen molar-refractivity contribution in [2.45, 2.75) is 70.6 Å². The summed E-state index contributed by atoms with van der Waals surface area (Å²) in [6, 6.07) is 9.20. The number of pyridine rings is 1. The molecule has 2 heterocycles. The average molecular weight is 535 g/mol. The van der Waals surface area contributed by atoms with E-state index < -0.39 is 35.0 Å². The second-order valence-corrected chi connectivity index (χ2v) is 11.4. The van der Waals surface area contributed by atoms with E-state index in [1.807, 2.05) is 39.0 Å². The van der Waals surface area contributed by atoms with Crippen molar-refractivity contribution in [2.24, 2.45) is 5.41 Å². The number of benzene rings is 1. The van der Waals surface area contributed by atoms with E-state index in [1.54, 1.807) is 25.1 Å². The minimum absolute atomic E-state index is 0.244. The van der Waals surface area contributed by atoms with Gasteiger partial charge < -0.3 is 19.5 Å². The summed E-state index contributed by atoms with van der Waals surface area (Å²) in [7, 11) is 0. The largest absolute Gasteiger partial charge is 0.481 e. The van der Waals surface area contributed by atoms with E-state index in [-0.39, 0.29) is 31.8 Å². The van der Waals surface area contributed by atoms with Gasteiger partial charge in [-0.25, -0.2) is 0 Å². The minimum atomic E-state index is -1.24. The quantitative estimate of drug-likeness (QED) is 0.414. The molecule has 2 aromatic rings. The number of hydrogen-bond acceptors (Lipinski definition) is 5. The Morgan fingerprint density at radius 1 is 1.28 bits per heavy atom. The Hall–Kier alpha value is -2.48. The number of hydrogen-bond donors (Lipinski definition) is 1. The van der Waals surface area contributed by atoms with E-state index in [2.05, 4.69) is 4.98 Å². The van der Waals surface area contributed by atoms with Crippen molar-refractivity contribution in [2.75, 3.05) is 6.61 Å². The lowest BCUT2D eigenvalue weighted by molar-refractivity contribution is -0.162. The number of aldehydes is 1. The molecule has 4 atom stereocenters. The van der Waals surface area contributed by atoms with Crippen LogP contribution < -0.4 is 0 Å². The van der Waals surface area contributed by atoms with Gasteiger partial charge in [-0.15, -0.1) is 0 Å². The number of carboxylic acid groups (broad SMARTS) is 1. The first-order valence-corrected chi connectivity index (χ1v) is 12.6. The summed E-state index contributed by atoms with van der Waals surface area (Å²) in [4.78, 5) is 44.3. The number of nitrogens with zero attached hydrogens (tertiary/aromatic N) is 2. The first-order valence-electron chi connectivity index (χ1n) is 11.9. The number of piperidine rings is 1. The van der Waals surface area contributed by atoms with Gasteiger partial charge in [-0.2, -0.15) is 0 Å². The van der Waals surface area contributed by atoms with Crippen molar-refractivity contribution >= 4 is 41.4 Å². The van der Waals surface area contributed by atoms with Gasteiger partial charge in [-0.05, 0) is 63.4 Å². The monoisotopic (exact) mass is 534 g/mol. The molecule has 1 aromatic carbocycles. The van der Waals surface area contributed by atoms with Gasteiger partial charge >= 0.3 is 5.97 Å². The van der Waals surface area contributed by atoms with Crippen molar-refractivity contribution in [1.29, 1.82) is 0 Å². The highest BCUT2D eigenvalue weighted by Gasteiger charge is 2.52. The Kier molecular flexibility index (Phi) is 8.80. The normalized spacial score (nSPS) is 23.4. The van der Waals surface area contributed by atoms with Crippen molar-refractivity contribution in [1.82, 2.24) is 9.88 Å². The molecule has 0 aliphatic carbocycles. The van der Waals surface area contributed by atoms with Gasteiger partial charge in [0.05, 0.1) is 40.2 Å². The zero-order chi connectivity index (χ0) is 26.7. The van der Waals surface area contributed by atoms with Crippen LogP contribution in [0, 0.1) is 5.41 Å². The number of rotatable bonds is 9. The van der Waals surface area contributed by atoms with Crippen LogP contribution in [0.25, 0.3) is 0 Å². The lowest BCUT2D eigenvalue weighted by Gasteiger charge is -2.50. The molecule has 36 heavy (non-hydrogen) atoms. The van der Waals surface area contributed by atoms with Crippen LogP contribution in [-0.4, -0.2) is 51.4 Å². The SMILES string of the molecule is CC(C)(C)OCC[C@@H](C=O)N1C(=O)[C@](C)(CC(=O)O)C[C@H](c2cccc(Cl)c2)[C@H]1c1ccc(Cl)cn1. The van der Waals surface area contributed by atoms with Gasteiger partial charge in [-0.1, -0.05) is 42.3 Å². The van der Waals surface area contributed by atoms with Crippen LogP contribution in [0.3, 0.4) is 0 Å². The van der Waals surface area contributed by atoms with Crippen LogP contribution in [0.2, 0.25) is 10.0 Å². The van der Waals surface area contributed by atoms with E-state index in [0.29, 0.717) is 15.7 Å². The Morgan fingerprint density at radius 3 is 2.56 bits per heavy atom. The number of carbonyl (C=O) groups is 3. The maximum atomic E-state index is 14.0. The molecule has 1 N–H and O–H groups in total. The number of carbonyl (C=O) groups excluding carboxylic acids is 2. The number of amides is 1. The number of carboxylic acids is 1. The fourth-order valence-electron chi connectivity index (χ4n) is 4.86. The molecule has 1 fully saturated rings. The smallest absolute Gasteiger partial charge is 0.304 e. The molecule has 1 amide bonds. The molecule has 0 spiro atoms. The van der Waals surface area contributed by atoms with E-state index >= 15 is 0 Å². The predicted octanol–water partition coefficient (Wildman–Crippen LogP) is 5.70. The third kappa shape index (κ3) is 6.64. The lowest BCUT2D eigenvalue weighted by Crippen LogP contribution is -2.57. The fourth-order valence-corrected chi connectivity index (χ4v) is 5.17. The predicted molar refractivity (Wildman–Crippen MR) is 138 cm³/mol. The number of halogens is 2. The fraction of sp³-hybridized carbons (Fsp3) is 0.481. The zero-order valence-corrected chi connectivity index (χ0v) is 22.4. The Balaban J connectivity index is 2.16.